The van der Waals surface area contributed by atoms with Gasteiger partial charge in [-0.15, -0.1) is 0 Å². The largest absolute Gasteiger partial charge is 0.452 e. The lowest BCUT2D eigenvalue weighted by Gasteiger charge is -2.09. The minimum absolute atomic E-state index is 0.327. The average molecular weight is 388 g/mol. The minimum Gasteiger partial charge on any atom is -0.452 e. The quantitative estimate of drug-likeness (QED) is 0.615. The number of carbonyl (C=O) groups is 2. The summed E-state index contributed by atoms with van der Waals surface area (Å²) in [4.78, 5) is 23.5. The number of ether oxygens (including phenoxy) is 1. The Kier molecular flexibility index (Phi) is 6.32. The van der Waals surface area contributed by atoms with E-state index in [2.05, 4.69) is 21.2 Å². The van der Waals surface area contributed by atoms with Crippen molar-refractivity contribution in [3.05, 3.63) is 69.7 Å². The third kappa shape index (κ3) is 5.35. The normalized spacial score (nSPS) is 10.6. The van der Waals surface area contributed by atoms with E-state index >= 15 is 0 Å². The molecule has 0 aliphatic heterocycles. The molecule has 0 spiro atoms. The van der Waals surface area contributed by atoms with Gasteiger partial charge in [0.25, 0.3) is 5.91 Å². The molecular formula is C19H18BrNO3. The molecule has 0 aliphatic rings. The predicted octanol–water partition coefficient (Wildman–Crippen LogP) is 4.26. The summed E-state index contributed by atoms with van der Waals surface area (Å²) in [5.74, 6) is -0.935. The van der Waals surface area contributed by atoms with Gasteiger partial charge in [0, 0.05) is 16.2 Å². The molecule has 2 aromatic carbocycles. The van der Waals surface area contributed by atoms with E-state index in [0.29, 0.717) is 5.69 Å². The second-order valence-electron chi connectivity index (χ2n) is 5.32. The van der Waals surface area contributed by atoms with Gasteiger partial charge < -0.3 is 10.1 Å². The van der Waals surface area contributed by atoms with Gasteiger partial charge in [0.2, 0.25) is 0 Å². The number of anilines is 1. The molecular weight excluding hydrogens is 370 g/mol. The zero-order chi connectivity index (χ0) is 17.5. The van der Waals surface area contributed by atoms with Crippen molar-refractivity contribution in [3.8, 4) is 0 Å². The third-order valence-electron chi connectivity index (χ3n) is 3.28. The summed E-state index contributed by atoms with van der Waals surface area (Å²) in [5, 5.41) is 2.72. The van der Waals surface area contributed by atoms with Crippen LogP contribution in [0.5, 0.6) is 0 Å². The van der Waals surface area contributed by atoms with Gasteiger partial charge in [0.1, 0.15) is 0 Å². The Balaban J connectivity index is 1.85. The van der Waals surface area contributed by atoms with E-state index in [1.165, 1.54) is 6.08 Å². The first-order valence-corrected chi connectivity index (χ1v) is 8.21. The van der Waals surface area contributed by atoms with Crippen molar-refractivity contribution in [2.75, 3.05) is 11.9 Å². The fourth-order valence-corrected chi connectivity index (χ4v) is 2.36. The van der Waals surface area contributed by atoms with E-state index in [-0.39, 0.29) is 12.5 Å². The highest BCUT2D eigenvalue weighted by molar-refractivity contribution is 9.10. The molecule has 2 aromatic rings. The van der Waals surface area contributed by atoms with Crippen molar-refractivity contribution < 1.29 is 14.3 Å². The lowest BCUT2D eigenvalue weighted by Crippen LogP contribution is -2.20. The molecule has 5 heteroatoms. The maximum atomic E-state index is 11.9. The van der Waals surface area contributed by atoms with Crippen LogP contribution in [-0.2, 0) is 14.3 Å². The van der Waals surface area contributed by atoms with Gasteiger partial charge >= 0.3 is 5.97 Å². The summed E-state index contributed by atoms with van der Waals surface area (Å²) in [6, 6.07) is 13.1. The lowest BCUT2D eigenvalue weighted by molar-refractivity contribution is -0.142. The van der Waals surface area contributed by atoms with Gasteiger partial charge in [-0.25, -0.2) is 4.79 Å². The van der Waals surface area contributed by atoms with E-state index in [9.17, 15) is 9.59 Å². The molecule has 0 aliphatic carbocycles. The highest BCUT2D eigenvalue weighted by atomic mass is 79.9. The summed E-state index contributed by atoms with van der Waals surface area (Å²) < 4.78 is 5.95. The first-order chi connectivity index (χ1) is 11.5. The van der Waals surface area contributed by atoms with Crippen LogP contribution in [0, 0.1) is 13.8 Å². The Hall–Kier alpha value is -2.40. The smallest absolute Gasteiger partial charge is 0.331 e. The molecule has 2 rings (SSSR count). The summed E-state index contributed by atoms with van der Waals surface area (Å²) in [7, 11) is 0. The highest BCUT2D eigenvalue weighted by Gasteiger charge is 2.08. The van der Waals surface area contributed by atoms with Crippen molar-refractivity contribution in [3.63, 3.8) is 0 Å². The Labute approximate surface area is 149 Å². The zero-order valence-electron chi connectivity index (χ0n) is 13.5. The van der Waals surface area contributed by atoms with Crippen molar-refractivity contribution >= 4 is 39.6 Å². The van der Waals surface area contributed by atoms with Crippen LogP contribution in [0.1, 0.15) is 16.7 Å². The van der Waals surface area contributed by atoms with E-state index in [4.69, 9.17) is 4.74 Å². The number of rotatable bonds is 5. The number of halogens is 1. The molecule has 0 aromatic heterocycles. The first kappa shape index (κ1) is 17.9. The summed E-state index contributed by atoms with van der Waals surface area (Å²) in [6.45, 7) is 3.56. The Morgan fingerprint density at radius 1 is 1.12 bits per heavy atom. The molecule has 0 bridgehead atoms. The fraction of sp³-hybridized carbons (Fsp3) is 0.158. The number of esters is 1. The van der Waals surface area contributed by atoms with Crippen LogP contribution < -0.4 is 5.32 Å². The minimum atomic E-state index is -0.558. The van der Waals surface area contributed by atoms with E-state index in [1.54, 1.807) is 6.08 Å². The number of hydrogen-bond donors (Lipinski definition) is 1. The van der Waals surface area contributed by atoms with Crippen LogP contribution in [0.3, 0.4) is 0 Å². The molecule has 0 saturated heterocycles. The van der Waals surface area contributed by atoms with E-state index in [1.807, 2.05) is 56.3 Å². The second-order valence-corrected chi connectivity index (χ2v) is 6.12. The number of carbonyl (C=O) groups excluding carboxylic acids is 2. The highest BCUT2D eigenvalue weighted by Crippen LogP contribution is 2.24. The van der Waals surface area contributed by atoms with Gasteiger partial charge in [0.15, 0.2) is 6.61 Å². The predicted molar refractivity (Wildman–Crippen MR) is 98.7 cm³/mol. The number of hydrogen-bond acceptors (Lipinski definition) is 3. The maximum absolute atomic E-state index is 11.9. The molecule has 124 valence electrons. The molecule has 0 radical (unpaired) electrons. The molecule has 0 unspecified atom stereocenters. The van der Waals surface area contributed by atoms with Gasteiger partial charge in [-0.2, -0.15) is 0 Å². The molecule has 0 atom stereocenters. The molecule has 0 fully saturated rings. The van der Waals surface area contributed by atoms with Crippen LogP contribution in [0.4, 0.5) is 5.69 Å². The summed E-state index contributed by atoms with van der Waals surface area (Å²) in [6.07, 6.45) is 2.94. The summed E-state index contributed by atoms with van der Waals surface area (Å²) >= 11 is 3.48. The Bertz CT molecular complexity index is 746. The molecule has 24 heavy (non-hydrogen) atoms. The number of benzene rings is 2. The van der Waals surface area contributed by atoms with Crippen molar-refractivity contribution in [2.24, 2.45) is 0 Å². The molecule has 1 amide bonds. The molecule has 0 saturated carbocycles. The van der Waals surface area contributed by atoms with Gasteiger partial charge in [-0.05, 0) is 48.7 Å². The second kappa shape index (κ2) is 8.45. The van der Waals surface area contributed by atoms with Crippen LogP contribution in [0.25, 0.3) is 6.08 Å². The Morgan fingerprint density at radius 3 is 2.38 bits per heavy atom. The molecule has 4 nitrogen and oxygen atoms in total. The monoisotopic (exact) mass is 387 g/mol. The Morgan fingerprint density at radius 2 is 1.75 bits per heavy atom. The first-order valence-electron chi connectivity index (χ1n) is 7.42. The van der Waals surface area contributed by atoms with Gasteiger partial charge in [-0.1, -0.05) is 46.3 Å². The maximum Gasteiger partial charge on any atom is 0.331 e. The third-order valence-corrected chi connectivity index (χ3v) is 4.53. The van der Waals surface area contributed by atoms with Gasteiger partial charge in [-0.3, -0.25) is 4.79 Å². The fourth-order valence-electron chi connectivity index (χ4n) is 2.13. The van der Waals surface area contributed by atoms with Crippen molar-refractivity contribution in [2.45, 2.75) is 13.8 Å². The van der Waals surface area contributed by atoms with Gasteiger partial charge in [0.05, 0.1) is 0 Å². The van der Waals surface area contributed by atoms with Crippen molar-refractivity contribution in [1.82, 2.24) is 0 Å². The topological polar surface area (TPSA) is 55.4 Å². The lowest BCUT2D eigenvalue weighted by atomic mass is 10.1. The van der Waals surface area contributed by atoms with E-state index < -0.39 is 5.97 Å². The number of aryl methyl sites for hydroxylation is 2. The number of nitrogens with one attached hydrogen (secondary N) is 1. The SMILES string of the molecule is Cc1cc(NC(=O)COC(=O)/C=C/c2ccccc2)cc(C)c1Br. The van der Waals surface area contributed by atoms with Crippen LogP contribution in [0.15, 0.2) is 53.0 Å². The molecule has 1 N–H and O–H groups in total. The molecule has 0 heterocycles. The average Bonchev–Trinajstić information content (AvgIpc) is 2.57. The standard InChI is InChI=1S/C19H18BrNO3/c1-13-10-16(11-14(2)19(13)20)21-17(22)12-24-18(23)9-8-15-6-4-3-5-7-15/h3-11H,12H2,1-2H3,(H,21,22)/b9-8+. The number of amides is 1. The summed E-state index contributed by atoms with van der Waals surface area (Å²) in [5.41, 5.74) is 3.61. The van der Waals surface area contributed by atoms with Crippen molar-refractivity contribution in [1.29, 1.82) is 0 Å². The zero-order valence-corrected chi connectivity index (χ0v) is 15.1. The van der Waals surface area contributed by atoms with Crippen LogP contribution in [0.2, 0.25) is 0 Å². The van der Waals surface area contributed by atoms with E-state index in [0.717, 1.165) is 21.2 Å². The van der Waals surface area contributed by atoms with Crippen LogP contribution >= 0.6 is 15.9 Å². The van der Waals surface area contributed by atoms with Crippen LogP contribution in [-0.4, -0.2) is 18.5 Å².